The molecule has 1 aromatic heterocycles. The summed E-state index contributed by atoms with van der Waals surface area (Å²) in [5, 5.41) is 8.83. The number of carbonyl (C=O) groups is 2. The Morgan fingerprint density at radius 3 is 2.70 bits per heavy atom. The topological polar surface area (TPSA) is 89.0 Å². The number of hydrogen-bond acceptors (Lipinski definition) is 5. The minimum Gasteiger partial charge on any atom is -0.481 e. The van der Waals surface area contributed by atoms with Crippen LogP contribution in [0.4, 0.5) is 0 Å². The summed E-state index contributed by atoms with van der Waals surface area (Å²) in [7, 11) is 1.57. The van der Waals surface area contributed by atoms with Gasteiger partial charge in [0.25, 0.3) is 5.91 Å². The van der Waals surface area contributed by atoms with Crippen molar-refractivity contribution in [3.8, 4) is 5.88 Å². The van der Waals surface area contributed by atoms with Crippen LogP contribution in [0.1, 0.15) is 30.6 Å². The van der Waals surface area contributed by atoms with Gasteiger partial charge in [-0.2, -0.15) is 0 Å². The van der Waals surface area contributed by atoms with Gasteiger partial charge in [-0.1, -0.05) is 13.8 Å². The molecule has 1 amide bonds. The van der Waals surface area contributed by atoms with E-state index in [4.69, 9.17) is 14.6 Å². The number of carbonyl (C=O) groups excluding carboxylic acids is 1. The third-order valence-electron chi connectivity index (χ3n) is 2.99. The van der Waals surface area contributed by atoms with Crippen LogP contribution in [0.25, 0.3) is 0 Å². The van der Waals surface area contributed by atoms with Gasteiger partial charge in [-0.05, 0) is 12.0 Å². The summed E-state index contributed by atoms with van der Waals surface area (Å²) in [5.74, 6) is -0.563. The van der Waals surface area contributed by atoms with Crippen molar-refractivity contribution in [3.63, 3.8) is 0 Å². The van der Waals surface area contributed by atoms with Gasteiger partial charge in [-0.3, -0.25) is 9.59 Å². The van der Waals surface area contributed by atoms with Crippen LogP contribution in [-0.2, 0) is 9.53 Å². The minimum absolute atomic E-state index is 0.0826. The van der Waals surface area contributed by atoms with Gasteiger partial charge in [0.15, 0.2) is 0 Å². The van der Waals surface area contributed by atoms with Crippen molar-refractivity contribution in [2.24, 2.45) is 5.92 Å². The van der Waals surface area contributed by atoms with E-state index in [1.165, 1.54) is 6.20 Å². The number of carboxylic acid groups (broad SMARTS) is 1. The van der Waals surface area contributed by atoms with Crippen molar-refractivity contribution in [1.29, 1.82) is 0 Å². The van der Waals surface area contributed by atoms with Gasteiger partial charge in [0.05, 0.1) is 13.0 Å². The summed E-state index contributed by atoms with van der Waals surface area (Å²) in [6.07, 6.45) is 1.42. The molecular weight excluding hydrogens is 300 g/mol. The third kappa shape index (κ3) is 7.10. The number of methoxy groups -OCH3 is 1. The number of pyridine rings is 1. The Balaban J connectivity index is 2.80. The van der Waals surface area contributed by atoms with E-state index in [0.717, 1.165) is 0 Å². The number of nitrogens with zero attached hydrogens (tertiary/aromatic N) is 2. The molecule has 0 aliphatic rings. The van der Waals surface area contributed by atoms with E-state index in [1.54, 1.807) is 24.1 Å². The Labute approximate surface area is 136 Å². The summed E-state index contributed by atoms with van der Waals surface area (Å²) in [4.78, 5) is 29.0. The van der Waals surface area contributed by atoms with Crippen LogP contribution >= 0.6 is 0 Å². The molecule has 1 heterocycles. The van der Waals surface area contributed by atoms with E-state index in [9.17, 15) is 9.59 Å². The summed E-state index contributed by atoms with van der Waals surface area (Å²) >= 11 is 0. The highest BCUT2D eigenvalue weighted by Crippen LogP contribution is 2.13. The van der Waals surface area contributed by atoms with E-state index in [2.05, 4.69) is 4.98 Å². The van der Waals surface area contributed by atoms with Gasteiger partial charge in [-0.15, -0.1) is 0 Å². The van der Waals surface area contributed by atoms with Crippen LogP contribution in [0.15, 0.2) is 18.3 Å². The number of ether oxygens (including phenoxy) is 2. The number of aliphatic carboxylic acids is 1. The monoisotopic (exact) mass is 324 g/mol. The summed E-state index contributed by atoms with van der Waals surface area (Å²) in [5.41, 5.74) is 0.429. The van der Waals surface area contributed by atoms with Crippen molar-refractivity contribution in [1.82, 2.24) is 9.88 Å². The van der Waals surface area contributed by atoms with Crippen molar-refractivity contribution in [2.45, 2.75) is 20.3 Å². The van der Waals surface area contributed by atoms with E-state index < -0.39 is 5.97 Å². The zero-order chi connectivity index (χ0) is 17.2. The molecule has 0 unspecified atom stereocenters. The normalized spacial score (nSPS) is 10.6. The first-order valence-corrected chi connectivity index (χ1v) is 7.53. The van der Waals surface area contributed by atoms with Crippen molar-refractivity contribution >= 4 is 11.9 Å². The van der Waals surface area contributed by atoms with E-state index in [-0.39, 0.29) is 24.8 Å². The Kier molecular flexibility index (Phi) is 8.04. The lowest BCUT2D eigenvalue weighted by molar-refractivity contribution is -0.137. The fraction of sp³-hybridized carbons (Fsp3) is 0.562. The molecule has 0 fully saturated rings. The van der Waals surface area contributed by atoms with Crippen LogP contribution in [0.3, 0.4) is 0 Å². The molecule has 7 heteroatoms. The van der Waals surface area contributed by atoms with Crippen LogP contribution in [0.5, 0.6) is 5.88 Å². The van der Waals surface area contributed by atoms with E-state index in [0.29, 0.717) is 31.2 Å². The molecule has 0 atom stereocenters. The van der Waals surface area contributed by atoms with Gasteiger partial charge >= 0.3 is 5.97 Å². The molecule has 0 aromatic carbocycles. The molecule has 7 nitrogen and oxygen atoms in total. The molecule has 0 saturated carbocycles. The fourth-order valence-corrected chi connectivity index (χ4v) is 1.98. The van der Waals surface area contributed by atoms with Crippen LogP contribution < -0.4 is 4.74 Å². The van der Waals surface area contributed by atoms with Gasteiger partial charge in [0, 0.05) is 38.0 Å². The van der Waals surface area contributed by atoms with Crippen molar-refractivity contribution in [2.75, 3.05) is 33.4 Å². The zero-order valence-corrected chi connectivity index (χ0v) is 13.8. The lowest BCUT2D eigenvalue weighted by Crippen LogP contribution is -2.36. The van der Waals surface area contributed by atoms with E-state index in [1.807, 2.05) is 13.8 Å². The van der Waals surface area contributed by atoms with Gasteiger partial charge in [-0.25, -0.2) is 4.98 Å². The number of hydrogen-bond donors (Lipinski definition) is 1. The number of amides is 1. The molecule has 1 rings (SSSR count). The standard InChI is InChI=1S/C16H24N2O5/c1-12(2)11-18(7-5-15(19)20)16(21)13-4-6-17-14(10-13)23-9-8-22-3/h4,6,10,12H,5,7-9,11H2,1-3H3,(H,19,20). The molecule has 0 spiro atoms. The third-order valence-corrected chi connectivity index (χ3v) is 2.99. The molecule has 0 bridgehead atoms. The van der Waals surface area contributed by atoms with Crippen LogP contribution in [0, 0.1) is 5.92 Å². The Bertz CT molecular complexity index is 519. The van der Waals surface area contributed by atoms with Crippen molar-refractivity contribution in [3.05, 3.63) is 23.9 Å². The lowest BCUT2D eigenvalue weighted by Gasteiger charge is -2.24. The molecule has 0 saturated heterocycles. The average molecular weight is 324 g/mol. The van der Waals surface area contributed by atoms with Crippen molar-refractivity contribution < 1.29 is 24.2 Å². The molecule has 1 N–H and O–H groups in total. The molecule has 128 valence electrons. The largest absolute Gasteiger partial charge is 0.481 e. The lowest BCUT2D eigenvalue weighted by atomic mass is 10.1. The highest BCUT2D eigenvalue weighted by molar-refractivity contribution is 5.94. The predicted molar refractivity (Wildman–Crippen MR) is 84.6 cm³/mol. The van der Waals surface area contributed by atoms with Crippen LogP contribution in [-0.4, -0.2) is 60.3 Å². The molecule has 0 radical (unpaired) electrons. The zero-order valence-electron chi connectivity index (χ0n) is 13.8. The second-order valence-electron chi connectivity index (χ2n) is 5.51. The van der Waals surface area contributed by atoms with Crippen LogP contribution in [0.2, 0.25) is 0 Å². The SMILES string of the molecule is COCCOc1cc(C(=O)N(CCC(=O)O)CC(C)C)ccn1. The number of carboxylic acids is 1. The first-order chi connectivity index (χ1) is 10.9. The van der Waals surface area contributed by atoms with Gasteiger partial charge in [0.1, 0.15) is 6.61 Å². The minimum atomic E-state index is -0.926. The number of rotatable bonds is 10. The maximum atomic E-state index is 12.6. The second-order valence-corrected chi connectivity index (χ2v) is 5.51. The maximum absolute atomic E-state index is 12.6. The summed E-state index contributed by atoms with van der Waals surface area (Å²) in [6.45, 7) is 5.40. The first-order valence-electron chi connectivity index (χ1n) is 7.53. The predicted octanol–water partition coefficient (Wildman–Crippen LogP) is 1.68. The molecule has 0 aliphatic heterocycles. The fourth-order valence-electron chi connectivity index (χ4n) is 1.98. The molecular formula is C16H24N2O5. The highest BCUT2D eigenvalue weighted by atomic mass is 16.5. The summed E-state index contributed by atoms with van der Waals surface area (Å²) < 4.78 is 10.3. The highest BCUT2D eigenvalue weighted by Gasteiger charge is 2.18. The molecule has 23 heavy (non-hydrogen) atoms. The molecule has 0 aliphatic carbocycles. The first kappa shape index (κ1) is 18.9. The Morgan fingerprint density at radius 1 is 1.35 bits per heavy atom. The van der Waals surface area contributed by atoms with Gasteiger partial charge in [0.2, 0.25) is 5.88 Å². The van der Waals surface area contributed by atoms with Gasteiger partial charge < -0.3 is 19.5 Å². The number of aromatic nitrogens is 1. The molecule has 1 aromatic rings. The average Bonchev–Trinajstić information content (AvgIpc) is 2.51. The Hall–Kier alpha value is -2.15. The summed E-state index contributed by atoms with van der Waals surface area (Å²) in [6, 6.07) is 3.16. The quantitative estimate of drug-likeness (QED) is 0.659. The van der Waals surface area contributed by atoms with E-state index >= 15 is 0 Å². The maximum Gasteiger partial charge on any atom is 0.305 e. The second kappa shape index (κ2) is 9.78. The Morgan fingerprint density at radius 2 is 2.09 bits per heavy atom. The smallest absolute Gasteiger partial charge is 0.305 e.